The van der Waals surface area contributed by atoms with Gasteiger partial charge in [0.1, 0.15) is 5.82 Å². The van der Waals surface area contributed by atoms with Crippen molar-refractivity contribution in [2.75, 3.05) is 26.0 Å². The average molecular weight is 292 g/mol. The highest BCUT2D eigenvalue weighted by Gasteiger charge is 2.23. The second-order valence-electron chi connectivity index (χ2n) is 5.81. The lowest BCUT2D eigenvalue weighted by Gasteiger charge is -2.31. The number of para-hydroxylation sites is 1. The van der Waals surface area contributed by atoms with E-state index < -0.39 is 0 Å². The number of imidazole rings is 1. The van der Waals surface area contributed by atoms with E-state index in [0.717, 1.165) is 30.9 Å². The van der Waals surface area contributed by atoms with Gasteiger partial charge in [0, 0.05) is 18.3 Å². The van der Waals surface area contributed by atoms with Gasteiger partial charge in [-0.15, -0.1) is 11.6 Å². The third-order valence-electron chi connectivity index (χ3n) is 4.37. The molecule has 3 rings (SSSR count). The summed E-state index contributed by atoms with van der Waals surface area (Å²) in [6.07, 6.45) is 3.25. The van der Waals surface area contributed by atoms with Crippen LogP contribution in [0.3, 0.4) is 0 Å². The van der Waals surface area contributed by atoms with Gasteiger partial charge in [-0.3, -0.25) is 0 Å². The summed E-state index contributed by atoms with van der Waals surface area (Å²) in [5, 5.41) is 0. The van der Waals surface area contributed by atoms with Gasteiger partial charge in [-0.2, -0.15) is 0 Å². The van der Waals surface area contributed by atoms with Crippen LogP contribution in [0.4, 0.5) is 0 Å². The highest BCUT2D eigenvalue weighted by Crippen LogP contribution is 2.30. The largest absolute Gasteiger partial charge is 0.325 e. The Morgan fingerprint density at radius 3 is 2.75 bits per heavy atom. The normalized spacial score (nSPS) is 17.9. The van der Waals surface area contributed by atoms with Gasteiger partial charge in [0.25, 0.3) is 0 Å². The highest BCUT2D eigenvalue weighted by atomic mass is 35.5. The molecular formula is C16H22ClN3. The van der Waals surface area contributed by atoms with Crippen molar-refractivity contribution >= 4 is 22.6 Å². The van der Waals surface area contributed by atoms with Gasteiger partial charge in [-0.05, 0) is 51.5 Å². The maximum atomic E-state index is 5.98. The van der Waals surface area contributed by atoms with Gasteiger partial charge in [-0.25, -0.2) is 4.98 Å². The van der Waals surface area contributed by atoms with Gasteiger partial charge < -0.3 is 9.47 Å². The SMILES string of the molecule is Cc1cccc2c1nc(CCCl)n2C1CCN(C)CC1. The summed E-state index contributed by atoms with van der Waals surface area (Å²) in [7, 11) is 2.20. The Morgan fingerprint density at radius 2 is 2.05 bits per heavy atom. The van der Waals surface area contributed by atoms with E-state index in [4.69, 9.17) is 16.6 Å². The van der Waals surface area contributed by atoms with Gasteiger partial charge in [0.05, 0.1) is 11.0 Å². The van der Waals surface area contributed by atoms with Crippen LogP contribution < -0.4 is 0 Å². The van der Waals surface area contributed by atoms with E-state index in [-0.39, 0.29) is 0 Å². The Bertz CT molecular complexity index is 597. The van der Waals surface area contributed by atoms with Crippen molar-refractivity contribution in [3.63, 3.8) is 0 Å². The van der Waals surface area contributed by atoms with Gasteiger partial charge in [0.2, 0.25) is 0 Å². The van der Waals surface area contributed by atoms with Gasteiger partial charge in [-0.1, -0.05) is 12.1 Å². The van der Waals surface area contributed by atoms with Crippen molar-refractivity contribution in [1.29, 1.82) is 0 Å². The molecule has 1 aliphatic rings. The first-order valence-corrected chi connectivity index (χ1v) is 7.95. The summed E-state index contributed by atoms with van der Waals surface area (Å²) in [4.78, 5) is 7.27. The standard InChI is InChI=1S/C16H22ClN3/c1-12-4-3-5-14-16(12)18-15(6-9-17)20(14)13-7-10-19(2)11-8-13/h3-5,13H,6-11H2,1-2H3. The first-order valence-electron chi connectivity index (χ1n) is 7.41. The number of rotatable bonds is 3. The van der Waals surface area contributed by atoms with Crippen molar-refractivity contribution in [2.45, 2.75) is 32.2 Å². The van der Waals surface area contributed by atoms with Crippen LogP contribution in [0.2, 0.25) is 0 Å². The fourth-order valence-corrected chi connectivity index (χ4v) is 3.40. The molecule has 0 spiro atoms. The predicted octanol–water partition coefficient (Wildman–Crippen LogP) is 3.39. The lowest BCUT2D eigenvalue weighted by Crippen LogP contribution is -2.32. The minimum absolute atomic E-state index is 0.566. The molecular weight excluding hydrogens is 270 g/mol. The van der Waals surface area contributed by atoms with Gasteiger partial charge >= 0.3 is 0 Å². The molecule has 0 amide bonds. The molecule has 1 saturated heterocycles. The zero-order chi connectivity index (χ0) is 14.1. The number of fused-ring (bicyclic) bond motifs is 1. The molecule has 0 saturated carbocycles. The van der Waals surface area contributed by atoms with E-state index in [1.807, 2.05) is 0 Å². The molecule has 1 aliphatic heterocycles. The first-order chi connectivity index (χ1) is 9.70. The quantitative estimate of drug-likeness (QED) is 0.808. The van der Waals surface area contributed by atoms with Crippen LogP contribution in [-0.2, 0) is 6.42 Å². The third-order valence-corrected chi connectivity index (χ3v) is 4.56. The third kappa shape index (κ3) is 2.45. The second-order valence-corrected chi connectivity index (χ2v) is 6.19. The fraction of sp³-hybridized carbons (Fsp3) is 0.562. The first kappa shape index (κ1) is 13.9. The molecule has 0 radical (unpaired) electrons. The minimum atomic E-state index is 0.566. The lowest BCUT2D eigenvalue weighted by atomic mass is 10.0. The van der Waals surface area contributed by atoms with Crippen LogP contribution >= 0.6 is 11.6 Å². The maximum absolute atomic E-state index is 5.98. The summed E-state index contributed by atoms with van der Waals surface area (Å²) in [5.41, 5.74) is 3.68. The zero-order valence-corrected chi connectivity index (χ0v) is 13.0. The molecule has 4 heteroatoms. The highest BCUT2D eigenvalue weighted by molar-refractivity contribution is 6.17. The average Bonchev–Trinajstić information content (AvgIpc) is 2.80. The van der Waals surface area contributed by atoms with E-state index in [2.05, 4.69) is 41.6 Å². The van der Waals surface area contributed by atoms with Crippen LogP contribution in [0.5, 0.6) is 0 Å². The molecule has 108 valence electrons. The summed E-state index contributed by atoms with van der Waals surface area (Å²) in [5.74, 6) is 1.79. The molecule has 1 fully saturated rings. The number of likely N-dealkylation sites (tertiary alicyclic amines) is 1. The molecule has 2 aromatic rings. The zero-order valence-electron chi connectivity index (χ0n) is 12.3. The number of piperidine rings is 1. The number of hydrogen-bond acceptors (Lipinski definition) is 2. The van der Waals surface area contributed by atoms with Crippen molar-refractivity contribution < 1.29 is 0 Å². The topological polar surface area (TPSA) is 21.1 Å². The summed E-state index contributed by atoms with van der Waals surface area (Å²) in [6.45, 7) is 4.46. The Morgan fingerprint density at radius 1 is 1.30 bits per heavy atom. The van der Waals surface area contributed by atoms with Crippen LogP contribution in [0.1, 0.15) is 30.3 Å². The Hall–Kier alpha value is -1.06. The Balaban J connectivity index is 2.07. The molecule has 2 heterocycles. The van der Waals surface area contributed by atoms with Crippen LogP contribution in [0.15, 0.2) is 18.2 Å². The number of hydrogen-bond donors (Lipinski definition) is 0. The minimum Gasteiger partial charge on any atom is -0.325 e. The second kappa shape index (κ2) is 5.74. The molecule has 0 unspecified atom stereocenters. The van der Waals surface area contributed by atoms with Crippen molar-refractivity contribution in [1.82, 2.24) is 14.5 Å². The van der Waals surface area contributed by atoms with Crippen molar-refractivity contribution in [3.8, 4) is 0 Å². The van der Waals surface area contributed by atoms with E-state index in [9.17, 15) is 0 Å². The van der Waals surface area contributed by atoms with Crippen LogP contribution in [-0.4, -0.2) is 40.5 Å². The molecule has 0 N–H and O–H groups in total. The summed E-state index contributed by atoms with van der Waals surface area (Å²) >= 11 is 5.98. The van der Waals surface area contributed by atoms with Gasteiger partial charge in [0.15, 0.2) is 0 Å². The lowest BCUT2D eigenvalue weighted by molar-refractivity contribution is 0.221. The smallest absolute Gasteiger partial charge is 0.111 e. The fourth-order valence-electron chi connectivity index (χ4n) is 3.23. The number of nitrogens with zero attached hydrogens (tertiary/aromatic N) is 3. The predicted molar refractivity (Wildman–Crippen MR) is 84.7 cm³/mol. The van der Waals surface area contributed by atoms with Crippen LogP contribution in [0.25, 0.3) is 11.0 Å². The van der Waals surface area contributed by atoms with E-state index in [1.54, 1.807) is 0 Å². The van der Waals surface area contributed by atoms with E-state index in [0.29, 0.717) is 11.9 Å². The molecule has 0 aliphatic carbocycles. The number of halogens is 1. The molecule has 0 atom stereocenters. The maximum Gasteiger partial charge on any atom is 0.111 e. The molecule has 3 nitrogen and oxygen atoms in total. The van der Waals surface area contributed by atoms with Crippen molar-refractivity contribution in [3.05, 3.63) is 29.6 Å². The number of benzene rings is 1. The summed E-state index contributed by atoms with van der Waals surface area (Å²) in [6, 6.07) is 7.04. The van der Waals surface area contributed by atoms with Crippen LogP contribution in [0, 0.1) is 6.92 Å². The summed E-state index contributed by atoms with van der Waals surface area (Å²) < 4.78 is 2.46. The van der Waals surface area contributed by atoms with E-state index >= 15 is 0 Å². The molecule has 20 heavy (non-hydrogen) atoms. The Labute approximate surface area is 125 Å². The number of aryl methyl sites for hydroxylation is 2. The van der Waals surface area contributed by atoms with Crippen molar-refractivity contribution in [2.24, 2.45) is 0 Å². The van der Waals surface area contributed by atoms with E-state index in [1.165, 1.54) is 23.9 Å². The Kier molecular flexibility index (Phi) is 3.99. The molecule has 1 aromatic carbocycles. The molecule has 0 bridgehead atoms. The number of aromatic nitrogens is 2. The molecule has 1 aromatic heterocycles. The number of alkyl halides is 1. The monoisotopic (exact) mass is 291 g/mol.